The molecular weight excluding hydrogens is 194 g/mol. The quantitative estimate of drug-likeness (QED) is 0.677. The SMILES string of the molecule is CN(c1ccccc1)C1C#CC/C=C\C=C1. The van der Waals surface area contributed by atoms with E-state index in [0.717, 1.165) is 6.42 Å². The van der Waals surface area contributed by atoms with Crippen molar-refractivity contribution in [1.82, 2.24) is 0 Å². The van der Waals surface area contributed by atoms with Crippen LogP contribution in [0.2, 0.25) is 0 Å². The fourth-order valence-corrected chi connectivity index (χ4v) is 1.64. The number of rotatable bonds is 2. The minimum atomic E-state index is 0.160. The summed E-state index contributed by atoms with van der Waals surface area (Å²) >= 11 is 0. The van der Waals surface area contributed by atoms with Gasteiger partial charge < -0.3 is 4.90 Å². The first-order chi connectivity index (χ1) is 7.88. The molecule has 1 heteroatoms. The summed E-state index contributed by atoms with van der Waals surface area (Å²) in [5.41, 5.74) is 1.19. The number of nitrogens with zero attached hydrogens (tertiary/aromatic N) is 1. The molecule has 80 valence electrons. The molecule has 1 aliphatic carbocycles. The van der Waals surface area contributed by atoms with Crippen molar-refractivity contribution in [1.29, 1.82) is 0 Å². The maximum absolute atomic E-state index is 3.26. The van der Waals surface area contributed by atoms with Crippen LogP contribution in [0.5, 0.6) is 0 Å². The van der Waals surface area contributed by atoms with Crippen molar-refractivity contribution in [3.63, 3.8) is 0 Å². The lowest BCUT2D eigenvalue weighted by atomic mass is 10.1. The monoisotopic (exact) mass is 209 g/mol. The summed E-state index contributed by atoms with van der Waals surface area (Å²) in [6.45, 7) is 0. The van der Waals surface area contributed by atoms with Crippen molar-refractivity contribution in [2.45, 2.75) is 12.5 Å². The van der Waals surface area contributed by atoms with E-state index in [1.54, 1.807) is 0 Å². The second-order valence-electron chi connectivity index (χ2n) is 3.73. The molecule has 0 saturated carbocycles. The normalized spacial score (nSPS) is 20.2. The molecule has 0 saturated heterocycles. The molecule has 1 aromatic carbocycles. The number of anilines is 1. The molecule has 0 spiro atoms. The molecule has 0 amide bonds. The molecule has 1 nitrogen and oxygen atoms in total. The van der Waals surface area contributed by atoms with E-state index in [4.69, 9.17) is 0 Å². The van der Waals surface area contributed by atoms with Gasteiger partial charge in [0.05, 0.1) is 0 Å². The Labute approximate surface area is 97.1 Å². The first kappa shape index (κ1) is 10.6. The first-order valence-electron chi connectivity index (χ1n) is 5.47. The number of allylic oxidation sites excluding steroid dienone is 3. The molecule has 1 aliphatic rings. The zero-order valence-corrected chi connectivity index (χ0v) is 9.43. The Morgan fingerprint density at radius 2 is 2.00 bits per heavy atom. The van der Waals surface area contributed by atoms with Crippen LogP contribution in [-0.2, 0) is 0 Å². The van der Waals surface area contributed by atoms with Crippen molar-refractivity contribution >= 4 is 5.69 Å². The standard InChI is InChI=1S/C15H15N/c1-16(15-12-8-5-9-13-15)14-10-6-3-2-4-7-11-14/h2-3,5-6,8-10,12-14H,4H2,1H3/b3-2-,10-6?. The summed E-state index contributed by atoms with van der Waals surface area (Å²) < 4.78 is 0. The van der Waals surface area contributed by atoms with Crippen molar-refractivity contribution in [3.8, 4) is 11.8 Å². The lowest BCUT2D eigenvalue weighted by Gasteiger charge is -2.23. The molecule has 1 atom stereocenters. The Morgan fingerprint density at radius 1 is 1.19 bits per heavy atom. The van der Waals surface area contributed by atoms with Gasteiger partial charge in [0, 0.05) is 19.2 Å². The second kappa shape index (κ2) is 5.23. The predicted molar refractivity (Wildman–Crippen MR) is 69.3 cm³/mol. The van der Waals surface area contributed by atoms with Gasteiger partial charge in [0.15, 0.2) is 0 Å². The van der Waals surface area contributed by atoms with E-state index < -0.39 is 0 Å². The van der Waals surface area contributed by atoms with Crippen molar-refractivity contribution in [3.05, 3.63) is 54.6 Å². The predicted octanol–water partition coefficient (Wildman–Crippen LogP) is 3.01. The fraction of sp³-hybridized carbons (Fsp3) is 0.200. The zero-order valence-electron chi connectivity index (χ0n) is 9.43. The van der Waals surface area contributed by atoms with Crippen molar-refractivity contribution in [2.24, 2.45) is 0 Å². The van der Waals surface area contributed by atoms with Gasteiger partial charge in [0.1, 0.15) is 6.04 Å². The number of para-hydroxylation sites is 1. The smallest absolute Gasteiger partial charge is 0.109 e. The first-order valence-corrected chi connectivity index (χ1v) is 5.47. The van der Waals surface area contributed by atoms with E-state index in [2.05, 4.69) is 60.2 Å². The van der Waals surface area contributed by atoms with Gasteiger partial charge in [-0.25, -0.2) is 0 Å². The third kappa shape index (κ3) is 2.55. The Kier molecular flexibility index (Phi) is 3.46. The van der Waals surface area contributed by atoms with E-state index >= 15 is 0 Å². The Morgan fingerprint density at radius 3 is 2.81 bits per heavy atom. The van der Waals surface area contributed by atoms with Crippen LogP contribution >= 0.6 is 0 Å². The third-order valence-corrected chi connectivity index (χ3v) is 2.59. The summed E-state index contributed by atoms with van der Waals surface area (Å²) in [5, 5.41) is 0. The average Bonchev–Trinajstić information content (AvgIpc) is 2.29. The molecule has 0 heterocycles. The molecule has 0 aromatic heterocycles. The molecule has 1 aromatic rings. The number of likely N-dealkylation sites (N-methyl/N-ethyl adjacent to an activating group) is 1. The topological polar surface area (TPSA) is 3.24 Å². The molecule has 0 N–H and O–H groups in total. The summed E-state index contributed by atoms with van der Waals surface area (Å²) in [6.07, 6.45) is 9.15. The van der Waals surface area contributed by atoms with E-state index in [-0.39, 0.29) is 6.04 Å². The van der Waals surface area contributed by atoms with Crippen molar-refractivity contribution < 1.29 is 0 Å². The van der Waals surface area contributed by atoms with Crippen LogP contribution in [0.1, 0.15) is 6.42 Å². The highest BCUT2D eigenvalue weighted by Gasteiger charge is 2.08. The minimum Gasteiger partial charge on any atom is -0.357 e. The highest BCUT2D eigenvalue weighted by atomic mass is 15.1. The maximum atomic E-state index is 3.26. The van der Waals surface area contributed by atoms with Gasteiger partial charge in [-0.1, -0.05) is 54.3 Å². The minimum absolute atomic E-state index is 0.160. The molecule has 0 fully saturated rings. The van der Waals surface area contributed by atoms with Crippen LogP contribution in [0.15, 0.2) is 54.6 Å². The Balaban J connectivity index is 2.20. The zero-order chi connectivity index (χ0) is 11.2. The highest BCUT2D eigenvalue weighted by Crippen LogP contribution is 2.15. The largest absolute Gasteiger partial charge is 0.357 e. The van der Waals surface area contributed by atoms with Gasteiger partial charge >= 0.3 is 0 Å². The summed E-state index contributed by atoms with van der Waals surface area (Å²) in [6, 6.07) is 10.5. The van der Waals surface area contributed by atoms with Crippen LogP contribution in [0.3, 0.4) is 0 Å². The highest BCUT2D eigenvalue weighted by molar-refractivity contribution is 5.50. The van der Waals surface area contributed by atoms with Crippen LogP contribution in [0.25, 0.3) is 0 Å². The van der Waals surface area contributed by atoms with E-state index in [9.17, 15) is 0 Å². The van der Waals surface area contributed by atoms with Crippen LogP contribution in [0.4, 0.5) is 5.69 Å². The summed E-state index contributed by atoms with van der Waals surface area (Å²) in [4.78, 5) is 2.18. The number of benzene rings is 1. The molecule has 0 radical (unpaired) electrons. The summed E-state index contributed by atoms with van der Waals surface area (Å²) in [7, 11) is 2.07. The lowest BCUT2D eigenvalue weighted by molar-refractivity contribution is 0.915. The van der Waals surface area contributed by atoms with Crippen LogP contribution in [-0.4, -0.2) is 13.1 Å². The maximum Gasteiger partial charge on any atom is 0.109 e. The lowest BCUT2D eigenvalue weighted by Crippen LogP contribution is -2.28. The van der Waals surface area contributed by atoms with Crippen molar-refractivity contribution in [2.75, 3.05) is 11.9 Å². The van der Waals surface area contributed by atoms with E-state index in [1.807, 2.05) is 18.2 Å². The van der Waals surface area contributed by atoms with Gasteiger partial charge in [-0.2, -0.15) is 0 Å². The molecule has 16 heavy (non-hydrogen) atoms. The molecular formula is C15H15N. The third-order valence-electron chi connectivity index (χ3n) is 2.59. The molecule has 0 aliphatic heterocycles. The number of hydrogen-bond donors (Lipinski definition) is 0. The molecule has 1 unspecified atom stereocenters. The van der Waals surface area contributed by atoms with Gasteiger partial charge in [-0.3, -0.25) is 0 Å². The van der Waals surface area contributed by atoms with Gasteiger partial charge in [-0.15, -0.1) is 0 Å². The van der Waals surface area contributed by atoms with Gasteiger partial charge in [-0.05, 0) is 12.1 Å². The molecule has 2 rings (SSSR count). The van der Waals surface area contributed by atoms with Crippen LogP contribution in [0, 0.1) is 11.8 Å². The van der Waals surface area contributed by atoms with Gasteiger partial charge in [0.25, 0.3) is 0 Å². The fourth-order valence-electron chi connectivity index (χ4n) is 1.64. The van der Waals surface area contributed by atoms with E-state index in [1.165, 1.54) is 5.69 Å². The number of hydrogen-bond acceptors (Lipinski definition) is 1. The average molecular weight is 209 g/mol. The van der Waals surface area contributed by atoms with Gasteiger partial charge in [0.2, 0.25) is 0 Å². The van der Waals surface area contributed by atoms with Crippen LogP contribution < -0.4 is 4.90 Å². The molecule has 0 bridgehead atoms. The summed E-state index contributed by atoms with van der Waals surface area (Å²) in [5.74, 6) is 6.42. The Hall–Kier alpha value is -1.94. The second-order valence-corrected chi connectivity index (χ2v) is 3.73. The van der Waals surface area contributed by atoms with E-state index in [0.29, 0.717) is 0 Å². The Bertz CT molecular complexity index is 445.